The average Bonchev–Trinajstić information content (AvgIpc) is 2.66. The molecule has 0 bridgehead atoms. The predicted octanol–water partition coefficient (Wildman–Crippen LogP) is 1.20. The number of rotatable bonds is 3. The summed E-state index contributed by atoms with van der Waals surface area (Å²) in [6, 6.07) is 3.19. The maximum atomic E-state index is 11.4. The van der Waals surface area contributed by atoms with Crippen LogP contribution in [0.15, 0.2) is 33.6 Å². The minimum absolute atomic E-state index is 0.351. The SMILES string of the molecule is O=C(O)/C=C/C(=O)Nc1cc2[nH]c(=O)[nH]c2cc1Br. The van der Waals surface area contributed by atoms with Gasteiger partial charge in [0.2, 0.25) is 5.91 Å². The van der Waals surface area contributed by atoms with Crippen molar-refractivity contribution in [3.05, 3.63) is 39.2 Å². The van der Waals surface area contributed by atoms with Gasteiger partial charge in [-0.05, 0) is 28.1 Å². The van der Waals surface area contributed by atoms with Gasteiger partial charge < -0.3 is 20.4 Å². The van der Waals surface area contributed by atoms with E-state index in [0.29, 0.717) is 21.2 Å². The van der Waals surface area contributed by atoms with E-state index >= 15 is 0 Å². The first kappa shape index (κ1) is 13.1. The molecule has 2 aromatic rings. The number of nitrogens with one attached hydrogen (secondary N) is 3. The van der Waals surface area contributed by atoms with Gasteiger partial charge in [-0.2, -0.15) is 0 Å². The minimum atomic E-state index is -1.21. The average molecular weight is 326 g/mol. The van der Waals surface area contributed by atoms with Gasteiger partial charge in [0.25, 0.3) is 0 Å². The van der Waals surface area contributed by atoms with E-state index in [2.05, 4.69) is 31.2 Å². The second-order valence-corrected chi connectivity index (χ2v) is 4.47. The molecule has 0 aliphatic rings. The largest absolute Gasteiger partial charge is 0.478 e. The van der Waals surface area contributed by atoms with Gasteiger partial charge in [-0.3, -0.25) is 4.79 Å². The lowest BCUT2D eigenvalue weighted by molar-refractivity contribution is -0.131. The summed E-state index contributed by atoms with van der Waals surface area (Å²) in [6.45, 7) is 0. The summed E-state index contributed by atoms with van der Waals surface area (Å²) < 4.78 is 0.562. The lowest BCUT2D eigenvalue weighted by Gasteiger charge is -2.05. The Kier molecular flexibility index (Phi) is 3.52. The topological polar surface area (TPSA) is 115 Å². The van der Waals surface area contributed by atoms with Crippen molar-refractivity contribution < 1.29 is 14.7 Å². The molecule has 0 radical (unpaired) electrons. The highest BCUT2D eigenvalue weighted by molar-refractivity contribution is 9.10. The number of aromatic amines is 2. The highest BCUT2D eigenvalue weighted by Crippen LogP contribution is 2.26. The zero-order chi connectivity index (χ0) is 14.0. The Morgan fingerprint density at radius 1 is 1.21 bits per heavy atom. The first-order chi connectivity index (χ1) is 8.95. The van der Waals surface area contributed by atoms with Crippen molar-refractivity contribution in [1.82, 2.24) is 9.97 Å². The number of anilines is 1. The van der Waals surface area contributed by atoms with Crippen LogP contribution in [0.4, 0.5) is 5.69 Å². The standard InChI is InChI=1S/C11H8BrN3O4/c12-5-3-7-8(15-11(19)14-7)4-6(5)13-9(16)1-2-10(17)18/h1-4H,(H,13,16)(H,17,18)(H2,14,15,19)/b2-1+. The molecule has 0 aliphatic carbocycles. The summed E-state index contributed by atoms with van der Waals surface area (Å²) >= 11 is 3.24. The number of hydrogen-bond acceptors (Lipinski definition) is 3. The van der Waals surface area contributed by atoms with Crippen molar-refractivity contribution in [2.75, 3.05) is 5.32 Å². The molecule has 98 valence electrons. The minimum Gasteiger partial charge on any atom is -0.478 e. The Balaban J connectivity index is 2.29. The molecule has 4 N–H and O–H groups in total. The van der Waals surface area contributed by atoms with E-state index in [-0.39, 0.29) is 5.69 Å². The molecule has 1 amide bonds. The molecule has 0 saturated carbocycles. The van der Waals surface area contributed by atoms with Gasteiger partial charge >= 0.3 is 11.7 Å². The van der Waals surface area contributed by atoms with Crippen molar-refractivity contribution in [3.8, 4) is 0 Å². The Bertz CT molecular complexity index is 744. The number of carbonyl (C=O) groups is 2. The molecule has 1 aromatic carbocycles. The molecule has 0 saturated heterocycles. The van der Waals surface area contributed by atoms with E-state index in [1.54, 1.807) is 12.1 Å². The molecule has 0 aliphatic heterocycles. The molecule has 7 nitrogen and oxygen atoms in total. The van der Waals surface area contributed by atoms with Gasteiger partial charge in [0, 0.05) is 16.6 Å². The molecule has 19 heavy (non-hydrogen) atoms. The van der Waals surface area contributed by atoms with Crippen LogP contribution >= 0.6 is 15.9 Å². The molecule has 1 aromatic heterocycles. The van der Waals surface area contributed by atoms with Gasteiger partial charge in [-0.15, -0.1) is 0 Å². The lowest BCUT2D eigenvalue weighted by atomic mass is 10.2. The zero-order valence-corrected chi connectivity index (χ0v) is 10.9. The summed E-state index contributed by atoms with van der Waals surface area (Å²) in [5.74, 6) is -1.79. The van der Waals surface area contributed by atoms with Gasteiger partial charge in [0.15, 0.2) is 0 Å². The second-order valence-electron chi connectivity index (χ2n) is 3.62. The maximum absolute atomic E-state index is 11.4. The maximum Gasteiger partial charge on any atom is 0.328 e. The highest BCUT2D eigenvalue weighted by Gasteiger charge is 2.07. The number of fused-ring (bicyclic) bond motifs is 1. The first-order valence-electron chi connectivity index (χ1n) is 5.09. The van der Waals surface area contributed by atoms with Crippen LogP contribution < -0.4 is 11.0 Å². The number of halogens is 1. The summed E-state index contributed by atoms with van der Waals surface area (Å²) in [5.41, 5.74) is 1.20. The third-order valence-electron chi connectivity index (χ3n) is 2.24. The lowest BCUT2D eigenvalue weighted by Crippen LogP contribution is -2.09. The Morgan fingerprint density at radius 2 is 1.84 bits per heavy atom. The quantitative estimate of drug-likeness (QED) is 0.634. The number of amides is 1. The van der Waals surface area contributed by atoms with Crippen molar-refractivity contribution >= 4 is 44.5 Å². The van der Waals surface area contributed by atoms with E-state index in [0.717, 1.165) is 12.2 Å². The van der Waals surface area contributed by atoms with Crippen molar-refractivity contribution in [1.29, 1.82) is 0 Å². The molecule has 0 unspecified atom stereocenters. The second kappa shape index (κ2) is 5.11. The molecule has 0 spiro atoms. The summed E-state index contributed by atoms with van der Waals surface area (Å²) in [5, 5.41) is 10.9. The third-order valence-corrected chi connectivity index (χ3v) is 2.89. The van der Waals surface area contributed by atoms with Crippen molar-refractivity contribution in [3.63, 3.8) is 0 Å². The van der Waals surface area contributed by atoms with Crippen LogP contribution in [-0.4, -0.2) is 27.0 Å². The number of carboxylic acids is 1. The van der Waals surface area contributed by atoms with Gasteiger partial charge in [0.05, 0.1) is 16.7 Å². The summed E-state index contributed by atoms with van der Waals surface area (Å²) in [4.78, 5) is 38.0. The Hall–Kier alpha value is -2.35. The van der Waals surface area contributed by atoms with Crippen LogP contribution in [0.2, 0.25) is 0 Å². The van der Waals surface area contributed by atoms with Crippen LogP contribution in [0.3, 0.4) is 0 Å². The number of carbonyl (C=O) groups excluding carboxylic acids is 1. The van der Waals surface area contributed by atoms with Crippen molar-refractivity contribution in [2.45, 2.75) is 0 Å². The number of benzene rings is 1. The van der Waals surface area contributed by atoms with Crippen LogP contribution in [0.5, 0.6) is 0 Å². The number of hydrogen-bond donors (Lipinski definition) is 4. The molecule has 1 heterocycles. The summed E-state index contributed by atoms with van der Waals surface area (Å²) in [6.07, 6.45) is 1.64. The van der Waals surface area contributed by atoms with E-state index in [9.17, 15) is 14.4 Å². The fourth-order valence-corrected chi connectivity index (χ4v) is 1.92. The van der Waals surface area contributed by atoms with Crippen molar-refractivity contribution in [2.24, 2.45) is 0 Å². The van der Waals surface area contributed by atoms with Crippen LogP contribution in [0, 0.1) is 0 Å². The number of imidazole rings is 1. The molecular weight excluding hydrogens is 318 g/mol. The number of H-pyrrole nitrogens is 2. The van der Waals surface area contributed by atoms with Gasteiger partial charge in [-0.1, -0.05) is 0 Å². The number of carboxylic acid groups (broad SMARTS) is 1. The van der Waals surface area contributed by atoms with Crippen LogP contribution in [0.1, 0.15) is 0 Å². The van der Waals surface area contributed by atoms with E-state index in [4.69, 9.17) is 5.11 Å². The van der Waals surface area contributed by atoms with E-state index < -0.39 is 11.9 Å². The van der Waals surface area contributed by atoms with Crippen LogP contribution in [0.25, 0.3) is 11.0 Å². The number of aromatic nitrogens is 2. The zero-order valence-electron chi connectivity index (χ0n) is 9.36. The fourth-order valence-electron chi connectivity index (χ4n) is 1.47. The third kappa shape index (κ3) is 3.10. The highest BCUT2D eigenvalue weighted by atomic mass is 79.9. The van der Waals surface area contributed by atoms with Crippen LogP contribution in [-0.2, 0) is 9.59 Å². The summed E-state index contributed by atoms with van der Waals surface area (Å²) in [7, 11) is 0. The normalized spacial score (nSPS) is 11.0. The Labute approximate surface area is 114 Å². The van der Waals surface area contributed by atoms with E-state index in [1.165, 1.54) is 0 Å². The smallest absolute Gasteiger partial charge is 0.328 e. The molecule has 2 rings (SSSR count). The molecular formula is C11H8BrN3O4. The molecule has 0 fully saturated rings. The van der Waals surface area contributed by atoms with E-state index in [1.807, 2.05) is 0 Å². The predicted molar refractivity (Wildman–Crippen MR) is 72.0 cm³/mol. The first-order valence-corrected chi connectivity index (χ1v) is 5.88. The number of aliphatic carboxylic acids is 1. The van der Waals surface area contributed by atoms with Gasteiger partial charge in [-0.25, -0.2) is 9.59 Å². The molecule has 0 atom stereocenters. The monoisotopic (exact) mass is 325 g/mol. The fraction of sp³-hybridized carbons (Fsp3) is 0. The van der Waals surface area contributed by atoms with Gasteiger partial charge in [0.1, 0.15) is 0 Å². The Morgan fingerprint density at radius 3 is 2.47 bits per heavy atom. The molecule has 8 heteroatoms.